The average Bonchev–Trinajstić information content (AvgIpc) is 2.19. The van der Waals surface area contributed by atoms with Crippen molar-refractivity contribution in [3.05, 3.63) is 29.6 Å². The summed E-state index contributed by atoms with van der Waals surface area (Å²) in [5.41, 5.74) is 0.0427. The van der Waals surface area contributed by atoms with Gasteiger partial charge in [0.15, 0.2) is 17.3 Å². The Labute approximate surface area is 93.2 Å². The summed E-state index contributed by atoms with van der Waals surface area (Å²) in [7, 11) is 0. The Kier molecular flexibility index (Phi) is 3.77. The van der Waals surface area contributed by atoms with Crippen molar-refractivity contribution in [1.82, 2.24) is 0 Å². The lowest BCUT2D eigenvalue weighted by Crippen LogP contribution is -2.11. The molecule has 0 aliphatic rings. The molecule has 0 spiro atoms. The monoisotopic (exact) mass is 224 g/mol. The first-order valence-corrected chi connectivity index (χ1v) is 4.93. The SMILES string of the molecule is CC(=O)C(=O)c1ccc(OC(C)C)c(F)c1. The molecule has 1 aromatic carbocycles. The summed E-state index contributed by atoms with van der Waals surface area (Å²) in [5, 5.41) is 0. The van der Waals surface area contributed by atoms with E-state index in [2.05, 4.69) is 0 Å². The number of ketones is 2. The largest absolute Gasteiger partial charge is 0.488 e. The molecule has 0 atom stereocenters. The lowest BCUT2D eigenvalue weighted by atomic mass is 10.1. The molecule has 0 radical (unpaired) electrons. The highest BCUT2D eigenvalue weighted by molar-refractivity contribution is 6.42. The van der Waals surface area contributed by atoms with Crippen molar-refractivity contribution in [2.45, 2.75) is 26.9 Å². The Hall–Kier alpha value is -1.71. The second kappa shape index (κ2) is 4.88. The van der Waals surface area contributed by atoms with Gasteiger partial charge < -0.3 is 4.74 Å². The van der Waals surface area contributed by atoms with E-state index in [1.807, 2.05) is 0 Å². The summed E-state index contributed by atoms with van der Waals surface area (Å²) in [5.74, 6) is -1.87. The first-order chi connectivity index (χ1) is 7.41. The van der Waals surface area contributed by atoms with Crippen LogP contribution in [-0.4, -0.2) is 17.7 Å². The molecule has 4 heteroatoms. The van der Waals surface area contributed by atoms with Crippen LogP contribution in [0.4, 0.5) is 4.39 Å². The number of hydrogen-bond donors (Lipinski definition) is 0. The molecule has 3 nitrogen and oxygen atoms in total. The van der Waals surface area contributed by atoms with Crippen molar-refractivity contribution in [3.63, 3.8) is 0 Å². The molecule has 0 N–H and O–H groups in total. The van der Waals surface area contributed by atoms with Crippen LogP contribution in [0.3, 0.4) is 0 Å². The van der Waals surface area contributed by atoms with Gasteiger partial charge in [-0.2, -0.15) is 0 Å². The summed E-state index contributed by atoms with van der Waals surface area (Å²) >= 11 is 0. The first-order valence-electron chi connectivity index (χ1n) is 4.93. The summed E-state index contributed by atoms with van der Waals surface area (Å²) in [6, 6.07) is 3.75. The highest BCUT2D eigenvalue weighted by atomic mass is 19.1. The molecule has 0 aromatic heterocycles. The molecule has 1 aromatic rings. The predicted octanol–water partition coefficient (Wildman–Crippen LogP) is 2.38. The topological polar surface area (TPSA) is 43.4 Å². The maximum absolute atomic E-state index is 13.4. The van der Waals surface area contributed by atoms with Gasteiger partial charge in [-0.3, -0.25) is 9.59 Å². The van der Waals surface area contributed by atoms with E-state index in [0.29, 0.717) is 0 Å². The standard InChI is InChI=1S/C12H13FO3/c1-7(2)16-11-5-4-9(6-10(11)13)12(15)8(3)14/h4-7H,1-3H3. The Bertz CT molecular complexity index is 424. The third kappa shape index (κ3) is 2.89. The van der Waals surface area contributed by atoms with Crippen molar-refractivity contribution in [2.24, 2.45) is 0 Å². The van der Waals surface area contributed by atoms with Crippen LogP contribution in [0.15, 0.2) is 18.2 Å². The van der Waals surface area contributed by atoms with E-state index in [1.165, 1.54) is 12.1 Å². The van der Waals surface area contributed by atoms with Crippen molar-refractivity contribution in [1.29, 1.82) is 0 Å². The molecule has 0 heterocycles. The quantitative estimate of drug-likeness (QED) is 0.582. The molecule has 86 valence electrons. The number of carbonyl (C=O) groups excluding carboxylic acids is 2. The zero-order valence-electron chi connectivity index (χ0n) is 9.41. The van der Waals surface area contributed by atoms with Gasteiger partial charge in [-0.25, -0.2) is 4.39 Å². The lowest BCUT2D eigenvalue weighted by molar-refractivity contribution is -0.113. The number of carbonyl (C=O) groups is 2. The van der Waals surface area contributed by atoms with Crippen LogP contribution in [0.2, 0.25) is 0 Å². The smallest absolute Gasteiger partial charge is 0.228 e. The molecular weight excluding hydrogens is 211 g/mol. The third-order valence-corrected chi connectivity index (χ3v) is 1.88. The normalized spacial score (nSPS) is 10.3. The number of ether oxygens (including phenoxy) is 1. The average molecular weight is 224 g/mol. The van der Waals surface area contributed by atoms with Gasteiger partial charge in [0, 0.05) is 12.5 Å². The number of rotatable bonds is 4. The maximum atomic E-state index is 13.4. The summed E-state index contributed by atoms with van der Waals surface area (Å²) < 4.78 is 18.6. The van der Waals surface area contributed by atoms with Crippen LogP contribution >= 0.6 is 0 Å². The Morgan fingerprint density at radius 1 is 1.31 bits per heavy atom. The van der Waals surface area contributed by atoms with E-state index in [-0.39, 0.29) is 17.4 Å². The van der Waals surface area contributed by atoms with Crippen molar-refractivity contribution < 1.29 is 18.7 Å². The maximum Gasteiger partial charge on any atom is 0.228 e. The van der Waals surface area contributed by atoms with Crippen LogP contribution < -0.4 is 4.74 Å². The van der Waals surface area contributed by atoms with Crippen molar-refractivity contribution in [3.8, 4) is 5.75 Å². The Morgan fingerprint density at radius 2 is 1.94 bits per heavy atom. The van der Waals surface area contributed by atoms with Gasteiger partial charge in [-0.05, 0) is 32.0 Å². The molecule has 16 heavy (non-hydrogen) atoms. The van der Waals surface area contributed by atoms with Crippen molar-refractivity contribution >= 4 is 11.6 Å². The summed E-state index contributed by atoms with van der Waals surface area (Å²) in [6.07, 6.45) is -0.149. The molecule has 0 amide bonds. The van der Waals surface area contributed by atoms with Gasteiger partial charge in [-0.1, -0.05) is 0 Å². The fraction of sp³-hybridized carbons (Fsp3) is 0.333. The second-order valence-electron chi connectivity index (χ2n) is 3.70. The van der Waals surface area contributed by atoms with E-state index in [0.717, 1.165) is 13.0 Å². The molecule has 0 saturated heterocycles. The van der Waals surface area contributed by atoms with Crippen LogP contribution in [0.1, 0.15) is 31.1 Å². The zero-order valence-corrected chi connectivity index (χ0v) is 9.41. The molecule has 0 bridgehead atoms. The Balaban J connectivity index is 2.99. The van der Waals surface area contributed by atoms with Gasteiger partial charge in [0.25, 0.3) is 0 Å². The van der Waals surface area contributed by atoms with Gasteiger partial charge in [0.2, 0.25) is 5.78 Å². The molecule has 0 aliphatic carbocycles. The van der Waals surface area contributed by atoms with Gasteiger partial charge in [0.1, 0.15) is 0 Å². The van der Waals surface area contributed by atoms with Crippen LogP contribution in [0, 0.1) is 5.82 Å². The minimum absolute atomic E-state index is 0.0427. The molecule has 0 saturated carbocycles. The molecule has 1 rings (SSSR count). The Morgan fingerprint density at radius 3 is 2.38 bits per heavy atom. The fourth-order valence-corrected chi connectivity index (χ4v) is 1.19. The van der Waals surface area contributed by atoms with Gasteiger partial charge in [-0.15, -0.1) is 0 Å². The van der Waals surface area contributed by atoms with Gasteiger partial charge in [0.05, 0.1) is 6.10 Å². The minimum Gasteiger partial charge on any atom is -0.488 e. The van der Waals surface area contributed by atoms with Crippen LogP contribution in [0.5, 0.6) is 5.75 Å². The van der Waals surface area contributed by atoms with Crippen LogP contribution in [-0.2, 0) is 4.79 Å². The lowest BCUT2D eigenvalue weighted by Gasteiger charge is -2.10. The predicted molar refractivity (Wildman–Crippen MR) is 57.2 cm³/mol. The van der Waals surface area contributed by atoms with Crippen molar-refractivity contribution in [2.75, 3.05) is 0 Å². The van der Waals surface area contributed by atoms with E-state index in [9.17, 15) is 14.0 Å². The molecular formula is C12H13FO3. The number of halogens is 1. The fourth-order valence-electron chi connectivity index (χ4n) is 1.19. The van der Waals surface area contributed by atoms with Crippen LogP contribution in [0.25, 0.3) is 0 Å². The minimum atomic E-state index is -0.699. The third-order valence-electron chi connectivity index (χ3n) is 1.88. The summed E-state index contributed by atoms with van der Waals surface area (Å²) in [4.78, 5) is 22.1. The summed E-state index contributed by atoms with van der Waals surface area (Å²) in [6.45, 7) is 4.70. The second-order valence-corrected chi connectivity index (χ2v) is 3.70. The van der Waals surface area contributed by atoms with Gasteiger partial charge >= 0.3 is 0 Å². The highest BCUT2D eigenvalue weighted by Crippen LogP contribution is 2.19. The molecule has 0 unspecified atom stereocenters. The number of Topliss-reactive ketones (excluding diaryl/α,β-unsaturated/α-hetero) is 2. The molecule has 0 aliphatic heterocycles. The van der Waals surface area contributed by atoms with E-state index >= 15 is 0 Å². The van der Waals surface area contributed by atoms with E-state index in [4.69, 9.17) is 4.74 Å². The number of benzene rings is 1. The first kappa shape index (κ1) is 12.4. The number of hydrogen-bond acceptors (Lipinski definition) is 3. The molecule has 0 fully saturated rings. The van der Waals surface area contributed by atoms with E-state index in [1.54, 1.807) is 13.8 Å². The van der Waals surface area contributed by atoms with E-state index < -0.39 is 17.4 Å². The highest BCUT2D eigenvalue weighted by Gasteiger charge is 2.14. The zero-order chi connectivity index (χ0) is 12.3.